The number of nitrogens with one attached hydrogen (secondary N) is 1. The van der Waals surface area contributed by atoms with E-state index >= 15 is 0 Å². The lowest BCUT2D eigenvalue weighted by Gasteiger charge is -2.07. The minimum atomic E-state index is -0.666. The van der Waals surface area contributed by atoms with Crippen molar-refractivity contribution in [2.45, 2.75) is 19.4 Å². The predicted octanol–water partition coefficient (Wildman–Crippen LogP) is 2.94. The summed E-state index contributed by atoms with van der Waals surface area (Å²) >= 11 is 0. The molecule has 0 atom stereocenters. The Morgan fingerprint density at radius 2 is 1.91 bits per heavy atom. The van der Waals surface area contributed by atoms with Gasteiger partial charge >= 0.3 is 0 Å². The molecule has 0 saturated heterocycles. The molecule has 1 aliphatic heterocycles. The SMILES string of the molecule is O=C(CCc1ccc2c(c1)OCO2)NCc1ccc(F)cc1F. The summed E-state index contributed by atoms with van der Waals surface area (Å²) in [4.78, 5) is 11.8. The number of benzene rings is 2. The van der Waals surface area contributed by atoms with Gasteiger partial charge in [-0.15, -0.1) is 0 Å². The number of amides is 1. The summed E-state index contributed by atoms with van der Waals surface area (Å²) in [6.07, 6.45) is 0.802. The highest BCUT2D eigenvalue weighted by Gasteiger charge is 2.13. The van der Waals surface area contributed by atoms with Gasteiger partial charge in [-0.25, -0.2) is 8.78 Å². The molecule has 6 heteroatoms. The number of aryl methyl sites for hydroxylation is 1. The van der Waals surface area contributed by atoms with E-state index in [0.29, 0.717) is 17.9 Å². The standard InChI is InChI=1S/C17H15F2NO3/c18-13-4-3-12(14(19)8-13)9-20-17(21)6-2-11-1-5-15-16(7-11)23-10-22-15/h1,3-5,7-8H,2,6,9-10H2,(H,20,21). The third-order valence-electron chi connectivity index (χ3n) is 3.57. The highest BCUT2D eigenvalue weighted by atomic mass is 19.1. The fourth-order valence-electron chi connectivity index (χ4n) is 2.30. The summed E-state index contributed by atoms with van der Waals surface area (Å²) in [5.41, 5.74) is 1.21. The lowest BCUT2D eigenvalue weighted by molar-refractivity contribution is -0.121. The Labute approximate surface area is 132 Å². The molecular weight excluding hydrogens is 304 g/mol. The van der Waals surface area contributed by atoms with Gasteiger partial charge in [0.25, 0.3) is 0 Å². The molecule has 0 bridgehead atoms. The van der Waals surface area contributed by atoms with Crippen LogP contribution < -0.4 is 14.8 Å². The van der Waals surface area contributed by atoms with Gasteiger partial charge < -0.3 is 14.8 Å². The van der Waals surface area contributed by atoms with Crippen LogP contribution in [0.15, 0.2) is 36.4 Å². The molecule has 0 saturated carbocycles. The lowest BCUT2D eigenvalue weighted by Crippen LogP contribution is -2.23. The molecule has 0 radical (unpaired) electrons. The number of hydrogen-bond donors (Lipinski definition) is 1. The van der Waals surface area contributed by atoms with E-state index < -0.39 is 11.6 Å². The van der Waals surface area contributed by atoms with Crippen molar-refractivity contribution < 1.29 is 23.0 Å². The quantitative estimate of drug-likeness (QED) is 0.922. The topological polar surface area (TPSA) is 47.6 Å². The molecule has 4 nitrogen and oxygen atoms in total. The van der Waals surface area contributed by atoms with Crippen LogP contribution >= 0.6 is 0 Å². The van der Waals surface area contributed by atoms with E-state index in [1.54, 1.807) is 0 Å². The van der Waals surface area contributed by atoms with Crippen molar-refractivity contribution in [3.63, 3.8) is 0 Å². The first-order chi connectivity index (χ1) is 11.1. The van der Waals surface area contributed by atoms with Gasteiger partial charge in [0.05, 0.1) is 0 Å². The highest BCUT2D eigenvalue weighted by Crippen LogP contribution is 2.32. The van der Waals surface area contributed by atoms with Crippen molar-refractivity contribution in [3.05, 3.63) is 59.2 Å². The number of fused-ring (bicyclic) bond motifs is 1. The van der Waals surface area contributed by atoms with Gasteiger partial charge in [-0.2, -0.15) is 0 Å². The third-order valence-corrected chi connectivity index (χ3v) is 3.57. The maximum absolute atomic E-state index is 13.5. The molecule has 1 N–H and O–H groups in total. The van der Waals surface area contributed by atoms with Gasteiger partial charge in [0.2, 0.25) is 12.7 Å². The van der Waals surface area contributed by atoms with E-state index in [9.17, 15) is 13.6 Å². The normalized spacial score (nSPS) is 12.3. The van der Waals surface area contributed by atoms with E-state index in [0.717, 1.165) is 17.7 Å². The Balaban J connectivity index is 1.50. The van der Waals surface area contributed by atoms with Crippen LogP contribution in [0.25, 0.3) is 0 Å². The van der Waals surface area contributed by atoms with Crippen LogP contribution in [-0.4, -0.2) is 12.7 Å². The molecule has 23 heavy (non-hydrogen) atoms. The van der Waals surface area contributed by atoms with Crippen molar-refractivity contribution in [2.24, 2.45) is 0 Å². The second-order valence-electron chi connectivity index (χ2n) is 5.20. The molecule has 0 aromatic heterocycles. The van der Waals surface area contributed by atoms with Crippen LogP contribution in [0, 0.1) is 11.6 Å². The average Bonchev–Trinajstić information content (AvgIpc) is 2.99. The van der Waals surface area contributed by atoms with E-state index in [4.69, 9.17) is 9.47 Å². The summed E-state index contributed by atoms with van der Waals surface area (Å²) in [7, 11) is 0. The maximum atomic E-state index is 13.5. The van der Waals surface area contributed by atoms with Crippen LogP contribution in [-0.2, 0) is 17.8 Å². The molecule has 0 unspecified atom stereocenters. The van der Waals surface area contributed by atoms with Gasteiger partial charge in [0, 0.05) is 24.6 Å². The molecular formula is C17H15F2NO3. The zero-order valence-electron chi connectivity index (χ0n) is 12.3. The zero-order valence-corrected chi connectivity index (χ0v) is 12.3. The number of carbonyl (C=O) groups excluding carboxylic acids is 1. The largest absolute Gasteiger partial charge is 0.454 e. The summed E-state index contributed by atoms with van der Waals surface area (Å²) in [5.74, 6) is -0.130. The predicted molar refractivity (Wildman–Crippen MR) is 79.1 cm³/mol. The lowest BCUT2D eigenvalue weighted by atomic mass is 10.1. The van der Waals surface area contributed by atoms with E-state index in [1.807, 2.05) is 18.2 Å². The van der Waals surface area contributed by atoms with Crippen molar-refractivity contribution in [1.82, 2.24) is 5.32 Å². The van der Waals surface area contributed by atoms with Gasteiger partial charge in [0.15, 0.2) is 11.5 Å². The molecule has 0 aliphatic carbocycles. The van der Waals surface area contributed by atoms with Crippen LogP contribution in [0.3, 0.4) is 0 Å². The Morgan fingerprint density at radius 1 is 1.09 bits per heavy atom. The van der Waals surface area contributed by atoms with Gasteiger partial charge in [-0.1, -0.05) is 12.1 Å². The minimum absolute atomic E-state index is 0.0338. The van der Waals surface area contributed by atoms with Crippen LogP contribution in [0.4, 0.5) is 8.78 Å². The summed E-state index contributed by atoms with van der Waals surface area (Å²) in [5, 5.41) is 2.62. The summed E-state index contributed by atoms with van der Waals surface area (Å²) < 4.78 is 36.8. The Bertz CT molecular complexity index is 734. The fraction of sp³-hybridized carbons (Fsp3) is 0.235. The van der Waals surface area contributed by atoms with E-state index in [-0.39, 0.29) is 31.2 Å². The summed E-state index contributed by atoms with van der Waals surface area (Å²) in [6.45, 7) is 0.245. The second-order valence-corrected chi connectivity index (χ2v) is 5.20. The fourth-order valence-corrected chi connectivity index (χ4v) is 2.30. The minimum Gasteiger partial charge on any atom is -0.454 e. The van der Waals surface area contributed by atoms with Crippen LogP contribution in [0.2, 0.25) is 0 Å². The monoisotopic (exact) mass is 319 g/mol. The highest BCUT2D eigenvalue weighted by molar-refractivity contribution is 5.76. The Hall–Kier alpha value is -2.63. The van der Waals surface area contributed by atoms with Gasteiger partial charge in [0.1, 0.15) is 11.6 Å². The first-order valence-corrected chi connectivity index (χ1v) is 7.21. The third kappa shape index (κ3) is 3.77. The summed E-state index contributed by atoms with van der Waals surface area (Å²) in [6, 6.07) is 8.81. The molecule has 1 heterocycles. The number of ether oxygens (including phenoxy) is 2. The average molecular weight is 319 g/mol. The molecule has 1 aliphatic rings. The zero-order chi connectivity index (χ0) is 16.2. The van der Waals surface area contributed by atoms with Gasteiger partial charge in [-0.05, 0) is 30.2 Å². The molecule has 0 spiro atoms. The first-order valence-electron chi connectivity index (χ1n) is 7.21. The number of hydrogen-bond acceptors (Lipinski definition) is 3. The van der Waals surface area contributed by atoms with Crippen LogP contribution in [0.1, 0.15) is 17.5 Å². The number of carbonyl (C=O) groups is 1. The number of halogens is 2. The van der Waals surface area contributed by atoms with E-state index in [1.165, 1.54) is 6.07 Å². The molecule has 0 fully saturated rings. The smallest absolute Gasteiger partial charge is 0.231 e. The Kier molecular flexibility index (Phi) is 4.41. The maximum Gasteiger partial charge on any atom is 0.231 e. The first kappa shape index (κ1) is 15.3. The Morgan fingerprint density at radius 3 is 2.74 bits per heavy atom. The van der Waals surface area contributed by atoms with E-state index in [2.05, 4.69) is 5.32 Å². The van der Waals surface area contributed by atoms with Crippen molar-refractivity contribution >= 4 is 5.91 Å². The number of rotatable bonds is 5. The molecule has 3 rings (SSSR count). The van der Waals surface area contributed by atoms with Gasteiger partial charge in [-0.3, -0.25) is 4.79 Å². The molecule has 1 amide bonds. The molecule has 120 valence electrons. The van der Waals surface area contributed by atoms with Crippen molar-refractivity contribution in [2.75, 3.05) is 6.79 Å². The molecule has 2 aromatic rings. The van der Waals surface area contributed by atoms with Crippen molar-refractivity contribution in [1.29, 1.82) is 0 Å². The van der Waals surface area contributed by atoms with Crippen LogP contribution in [0.5, 0.6) is 11.5 Å². The second kappa shape index (κ2) is 6.64. The molecule has 2 aromatic carbocycles. The van der Waals surface area contributed by atoms with Crippen molar-refractivity contribution in [3.8, 4) is 11.5 Å².